The zero-order valence-electron chi connectivity index (χ0n) is 9.28. The molecule has 84 valence electrons. The lowest BCUT2D eigenvalue weighted by Gasteiger charge is -2.06. The highest BCUT2D eigenvalue weighted by atomic mass is 79.9. The Bertz CT molecular complexity index is 462. The van der Waals surface area contributed by atoms with E-state index in [1.807, 2.05) is 18.2 Å². The molecule has 1 aromatic carbocycles. The molecule has 1 N–H and O–H groups in total. The predicted molar refractivity (Wildman–Crippen MR) is 71.6 cm³/mol. The Hall–Kier alpha value is -1.22. The van der Waals surface area contributed by atoms with Crippen LogP contribution in [0.15, 0.2) is 47.2 Å². The van der Waals surface area contributed by atoms with E-state index in [1.54, 1.807) is 0 Å². The van der Waals surface area contributed by atoms with Gasteiger partial charge in [0, 0.05) is 35.6 Å². The minimum Gasteiger partial charge on any atom is -0.380 e. The van der Waals surface area contributed by atoms with Crippen molar-refractivity contribution in [2.24, 2.45) is 0 Å². The fraction of sp³-hybridized carbons (Fsp3) is 0.231. The highest BCUT2D eigenvalue weighted by Crippen LogP contribution is 2.21. The SMILES string of the molecule is CCn1ccc(CNc2ccccc2Br)c1. The summed E-state index contributed by atoms with van der Waals surface area (Å²) in [4.78, 5) is 0. The van der Waals surface area contributed by atoms with Crippen molar-refractivity contribution in [1.29, 1.82) is 0 Å². The van der Waals surface area contributed by atoms with Crippen LogP contribution in [0.2, 0.25) is 0 Å². The van der Waals surface area contributed by atoms with E-state index in [2.05, 4.69) is 57.3 Å². The Balaban J connectivity index is 1.99. The quantitative estimate of drug-likeness (QED) is 0.898. The standard InChI is InChI=1S/C13H15BrN2/c1-2-16-8-7-11(10-16)9-15-13-6-4-3-5-12(13)14/h3-8,10,15H,2,9H2,1H3. The fourth-order valence-electron chi connectivity index (χ4n) is 1.59. The Morgan fingerprint density at radius 3 is 2.75 bits per heavy atom. The first-order valence-corrected chi connectivity index (χ1v) is 6.22. The molecule has 2 rings (SSSR count). The third-order valence-corrected chi connectivity index (χ3v) is 3.23. The molecule has 0 fully saturated rings. The van der Waals surface area contributed by atoms with Gasteiger partial charge in [-0.15, -0.1) is 0 Å². The van der Waals surface area contributed by atoms with E-state index in [-0.39, 0.29) is 0 Å². The number of rotatable bonds is 4. The minimum atomic E-state index is 0.857. The van der Waals surface area contributed by atoms with Crippen molar-refractivity contribution in [2.45, 2.75) is 20.0 Å². The summed E-state index contributed by atoms with van der Waals surface area (Å²) in [6.07, 6.45) is 4.28. The average Bonchev–Trinajstić information content (AvgIpc) is 2.76. The molecule has 0 aliphatic heterocycles. The van der Waals surface area contributed by atoms with E-state index in [9.17, 15) is 0 Å². The molecule has 0 aliphatic carbocycles. The zero-order chi connectivity index (χ0) is 11.4. The van der Waals surface area contributed by atoms with Gasteiger partial charge in [-0.05, 0) is 46.6 Å². The second-order valence-corrected chi connectivity index (χ2v) is 4.54. The Labute approximate surface area is 104 Å². The van der Waals surface area contributed by atoms with Crippen molar-refractivity contribution < 1.29 is 0 Å². The van der Waals surface area contributed by atoms with Crippen LogP contribution >= 0.6 is 15.9 Å². The van der Waals surface area contributed by atoms with Crippen molar-refractivity contribution in [3.05, 3.63) is 52.8 Å². The Kier molecular flexibility index (Phi) is 3.67. The summed E-state index contributed by atoms with van der Waals surface area (Å²) >= 11 is 3.52. The maximum atomic E-state index is 3.52. The topological polar surface area (TPSA) is 17.0 Å². The summed E-state index contributed by atoms with van der Waals surface area (Å²) in [5.41, 5.74) is 2.43. The summed E-state index contributed by atoms with van der Waals surface area (Å²) in [6, 6.07) is 10.3. The number of hydrogen-bond donors (Lipinski definition) is 1. The summed E-state index contributed by atoms with van der Waals surface area (Å²) < 4.78 is 3.28. The van der Waals surface area contributed by atoms with E-state index in [4.69, 9.17) is 0 Å². The van der Waals surface area contributed by atoms with E-state index in [0.29, 0.717) is 0 Å². The van der Waals surface area contributed by atoms with E-state index in [0.717, 1.165) is 23.2 Å². The number of para-hydroxylation sites is 1. The van der Waals surface area contributed by atoms with Crippen LogP contribution < -0.4 is 5.32 Å². The van der Waals surface area contributed by atoms with Crippen molar-refractivity contribution in [1.82, 2.24) is 4.57 Å². The lowest BCUT2D eigenvalue weighted by atomic mass is 10.3. The molecule has 0 radical (unpaired) electrons. The average molecular weight is 279 g/mol. The molecular formula is C13H15BrN2. The molecule has 0 spiro atoms. The lowest BCUT2D eigenvalue weighted by Crippen LogP contribution is -1.99. The molecule has 0 saturated heterocycles. The molecule has 1 heterocycles. The Morgan fingerprint density at radius 2 is 2.06 bits per heavy atom. The number of aryl methyl sites for hydroxylation is 1. The van der Waals surface area contributed by atoms with Gasteiger partial charge in [0.05, 0.1) is 0 Å². The van der Waals surface area contributed by atoms with Gasteiger partial charge in [-0.25, -0.2) is 0 Å². The van der Waals surface area contributed by atoms with Crippen LogP contribution in [-0.4, -0.2) is 4.57 Å². The molecule has 0 unspecified atom stereocenters. The van der Waals surface area contributed by atoms with Crippen LogP contribution in [-0.2, 0) is 13.1 Å². The monoisotopic (exact) mass is 278 g/mol. The minimum absolute atomic E-state index is 0.857. The van der Waals surface area contributed by atoms with E-state index in [1.165, 1.54) is 5.56 Å². The number of nitrogens with zero attached hydrogens (tertiary/aromatic N) is 1. The molecular weight excluding hydrogens is 264 g/mol. The van der Waals surface area contributed by atoms with Crippen molar-refractivity contribution in [3.63, 3.8) is 0 Å². The van der Waals surface area contributed by atoms with Crippen molar-refractivity contribution in [3.8, 4) is 0 Å². The van der Waals surface area contributed by atoms with Crippen LogP contribution in [0.25, 0.3) is 0 Å². The van der Waals surface area contributed by atoms with Crippen molar-refractivity contribution >= 4 is 21.6 Å². The summed E-state index contributed by atoms with van der Waals surface area (Å²) in [6.45, 7) is 4.02. The number of nitrogens with one attached hydrogen (secondary N) is 1. The molecule has 0 aliphatic rings. The van der Waals surface area contributed by atoms with Gasteiger partial charge in [0.2, 0.25) is 0 Å². The summed E-state index contributed by atoms with van der Waals surface area (Å²) in [5.74, 6) is 0. The van der Waals surface area contributed by atoms with Crippen LogP contribution in [0.1, 0.15) is 12.5 Å². The van der Waals surface area contributed by atoms with E-state index >= 15 is 0 Å². The maximum absolute atomic E-state index is 3.52. The highest BCUT2D eigenvalue weighted by Gasteiger charge is 1.99. The number of aromatic nitrogens is 1. The summed E-state index contributed by atoms with van der Waals surface area (Å²) in [5, 5.41) is 3.41. The van der Waals surface area contributed by atoms with Gasteiger partial charge in [0.1, 0.15) is 0 Å². The first kappa shape index (κ1) is 11.3. The molecule has 16 heavy (non-hydrogen) atoms. The molecule has 0 saturated carbocycles. The third-order valence-electron chi connectivity index (χ3n) is 2.53. The first-order valence-electron chi connectivity index (χ1n) is 5.42. The van der Waals surface area contributed by atoms with E-state index < -0.39 is 0 Å². The molecule has 1 aromatic heterocycles. The molecule has 2 aromatic rings. The highest BCUT2D eigenvalue weighted by molar-refractivity contribution is 9.10. The third kappa shape index (κ3) is 2.67. The normalized spacial score (nSPS) is 10.4. The van der Waals surface area contributed by atoms with Gasteiger partial charge >= 0.3 is 0 Å². The predicted octanol–water partition coefficient (Wildman–Crippen LogP) is 3.88. The second kappa shape index (κ2) is 5.21. The Morgan fingerprint density at radius 1 is 1.25 bits per heavy atom. The smallest absolute Gasteiger partial charge is 0.0487 e. The molecule has 3 heteroatoms. The molecule has 0 amide bonds. The number of benzene rings is 1. The van der Waals surface area contributed by atoms with Crippen LogP contribution in [0, 0.1) is 0 Å². The van der Waals surface area contributed by atoms with Crippen molar-refractivity contribution in [2.75, 3.05) is 5.32 Å². The van der Waals surface area contributed by atoms with Crippen LogP contribution in [0.5, 0.6) is 0 Å². The molecule has 0 bridgehead atoms. The van der Waals surface area contributed by atoms with Gasteiger partial charge in [0.25, 0.3) is 0 Å². The summed E-state index contributed by atoms with van der Waals surface area (Å²) in [7, 11) is 0. The number of anilines is 1. The van der Waals surface area contributed by atoms with Gasteiger partial charge < -0.3 is 9.88 Å². The first-order chi connectivity index (χ1) is 7.79. The van der Waals surface area contributed by atoms with Gasteiger partial charge in [-0.3, -0.25) is 0 Å². The zero-order valence-corrected chi connectivity index (χ0v) is 10.9. The van der Waals surface area contributed by atoms with Crippen LogP contribution in [0.4, 0.5) is 5.69 Å². The van der Waals surface area contributed by atoms with Gasteiger partial charge in [0.15, 0.2) is 0 Å². The van der Waals surface area contributed by atoms with Gasteiger partial charge in [-0.1, -0.05) is 12.1 Å². The van der Waals surface area contributed by atoms with Crippen LogP contribution in [0.3, 0.4) is 0 Å². The van der Waals surface area contributed by atoms with Gasteiger partial charge in [-0.2, -0.15) is 0 Å². The fourth-order valence-corrected chi connectivity index (χ4v) is 2.02. The molecule has 0 atom stereocenters. The largest absolute Gasteiger partial charge is 0.380 e. The lowest BCUT2D eigenvalue weighted by molar-refractivity contribution is 0.766. The number of halogens is 1. The molecule has 2 nitrogen and oxygen atoms in total. The number of hydrogen-bond acceptors (Lipinski definition) is 1. The second-order valence-electron chi connectivity index (χ2n) is 3.68. The maximum Gasteiger partial charge on any atom is 0.0487 e.